The van der Waals surface area contributed by atoms with Crippen molar-refractivity contribution in [2.75, 3.05) is 0 Å². The molecular weight excluding hydrogens is 567 g/mol. The van der Waals surface area contributed by atoms with Crippen molar-refractivity contribution in [1.82, 2.24) is 0 Å². The van der Waals surface area contributed by atoms with Crippen LogP contribution < -0.4 is 28.7 Å². The summed E-state index contributed by atoms with van der Waals surface area (Å²) in [6.07, 6.45) is 0.890. The topological polar surface area (TPSA) is 9.23 Å². The van der Waals surface area contributed by atoms with Gasteiger partial charge in [0.25, 0.3) is 0 Å². The summed E-state index contributed by atoms with van der Waals surface area (Å²) in [6, 6.07) is 50.2. The summed E-state index contributed by atoms with van der Waals surface area (Å²) in [6.45, 7) is 0. The Balaban J connectivity index is 0.00000161. The summed E-state index contributed by atoms with van der Waals surface area (Å²) < 4.78 is 8.34. The molecule has 194 valence electrons. The molecule has 0 N–H and O–H groups in total. The molecule has 0 atom stereocenters. The Bertz CT molecular complexity index is 1710. The first kappa shape index (κ1) is 28.4. The van der Waals surface area contributed by atoms with Gasteiger partial charge < -0.3 is 24.8 Å². The van der Waals surface area contributed by atoms with E-state index in [0.29, 0.717) is 0 Å². The van der Waals surface area contributed by atoms with E-state index in [1.54, 1.807) is 0 Å². The number of hydrogen-bond acceptors (Lipinski definition) is 1. The Morgan fingerprint density at radius 2 is 1.07 bits per heavy atom. The predicted octanol–water partition coefficient (Wildman–Crippen LogP) is 2.52. The molecule has 1 aliphatic carbocycles. The molecule has 0 unspecified atom stereocenters. The predicted molar refractivity (Wildman–Crippen MR) is 153 cm³/mol. The molecule has 0 aromatic heterocycles. The molecule has 1 aliphatic rings. The SMILES string of the molecule is [Cl-].[Cl-].c1ccc(C([O][Ti+2][c]2c(-c3cccc4c3Cc3ccccc3-4)ccc3ccccc23)c2ccccc2)cc1. The second-order valence-corrected chi connectivity index (χ2v) is 11.3. The molecule has 0 saturated heterocycles. The third-order valence-electron chi connectivity index (χ3n) is 7.55. The van der Waals surface area contributed by atoms with E-state index in [1.165, 1.54) is 59.1 Å². The van der Waals surface area contributed by atoms with Crippen molar-refractivity contribution in [3.05, 3.63) is 162 Å². The van der Waals surface area contributed by atoms with Crippen LogP contribution in [0.3, 0.4) is 0 Å². The first-order valence-corrected chi connectivity index (χ1v) is 14.5. The van der Waals surface area contributed by atoms with Gasteiger partial charge in [-0.25, -0.2) is 0 Å². The summed E-state index contributed by atoms with van der Waals surface area (Å²) in [5.41, 5.74) is 10.6. The van der Waals surface area contributed by atoms with Crippen LogP contribution in [0.5, 0.6) is 0 Å². The first-order chi connectivity index (χ1) is 18.9. The van der Waals surface area contributed by atoms with Crippen LogP contribution in [0.15, 0.2) is 140 Å². The van der Waals surface area contributed by atoms with Crippen LogP contribution in [0.1, 0.15) is 28.4 Å². The summed E-state index contributed by atoms with van der Waals surface area (Å²) in [5.74, 6) is 0. The molecule has 0 bridgehead atoms. The average molecular weight is 593 g/mol. The maximum absolute atomic E-state index is 6.98. The standard InChI is InChI=1S/C23H15.C13H11O.2ClH.Ti/c1-2-7-17-14-19(13-12-16(17)6-1)21-10-5-11-22-20-9-4-3-8-18(20)15-23(21)22;14-13(11-7-3-1-4-8-11)12-9-5-2-6-10-12;;;/h1-13H,15H2;1-10,13H;2*1H;/q;-1;;;+3/p-2. The van der Waals surface area contributed by atoms with Gasteiger partial charge in [-0.3, -0.25) is 0 Å². The van der Waals surface area contributed by atoms with Crippen molar-refractivity contribution in [3.63, 3.8) is 0 Å². The molecule has 4 heteroatoms. The van der Waals surface area contributed by atoms with Crippen molar-refractivity contribution in [2.45, 2.75) is 12.5 Å². The molecule has 0 radical (unpaired) electrons. The molecule has 0 saturated carbocycles. The number of hydrogen-bond donors (Lipinski definition) is 0. The van der Waals surface area contributed by atoms with Crippen molar-refractivity contribution in [3.8, 4) is 22.3 Å². The van der Waals surface area contributed by atoms with Crippen LogP contribution in [0, 0.1) is 0 Å². The average Bonchev–Trinajstić information content (AvgIpc) is 3.37. The van der Waals surface area contributed by atoms with Crippen LogP contribution in [0.25, 0.3) is 33.0 Å². The van der Waals surface area contributed by atoms with Crippen LogP contribution in [0.4, 0.5) is 0 Å². The molecule has 1 nitrogen and oxygen atoms in total. The molecule has 0 fully saturated rings. The fourth-order valence-corrected chi connectivity index (χ4v) is 7.55. The minimum absolute atomic E-state index is 0. The van der Waals surface area contributed by atoms with Crippen LogP contribution >= 0.6 is 0 Å². The summed E-state index contributed by atoms with van der Waals surface area (Å²) in [4.78, 5) is 0. The van der Waals surface area contributed by atoms with E-state index in [1.807, 2.05) is 0 Å². The molecular formula is C36H26Cl2OTi. The summed E-state index contributed by atoms with van der Waals surface area (Å²) in [5, 5.41) is 2.57. The van der Waals surface area contributed by atoms with Gasteiger partial charge in [-0.15, -0.1) is 0 Å². The van der Waals surface area contributed by atoms with Gasteiger partial charge in [-0.05, 0) is 0 Å². The molecule has 0 amide bonds. The van der Waals surface area contributed by atoms with E-state index in [0.717, 1.165) is 6.42 Å². The Hall–Kier alpha value is -3.17. The van der Waals surface area contributed by atoms with Crippen LogP contribution in [0.2, 0.25) is 0 Å². The number of fused-ring (bicyclic) bond motifs is 4. The van der Waals surface area contributed by atoms with E-state index < -0.39 is 19.5 Å². The fraction of sp³-hybridized carbons (Fsp3) is 0.0556. The van der Waals surface area contributed by atoms with Crippen LogP contribution in [-0.2, 0) is 29.3 Å². The number of benzene rings is 6. The van der Waals surface area contributed by atoms with Gasteiger partial charge in [-0.1, -0.05) is 0 Å². The van der Waals surface area contributed by atoms with Crippen molar-refractivity contribution in [2.24, 2.45) is 0 Å². The first-order valence-electron chi connectivity index (χ1n) is 13.1. The third-order valence-corrected chi connectivity index (χ3v) is 9.27. The van der Waals surface area contributed by atoms with Crippen molar-refractivity contribution >= 4 is 14.6 Å². The number of halogens is 2. The van der Waals surface area contributed by atoms with Crippen molar-refractivity contribution < 1.29 is 47.7 Å². The Morgan fingerprint density at radius 1 is 0.500 bits per heavy atom. The summed E-state index contributed by atoms with van der Waals surface area (Å²) in [7, 11) is 0. The minimum atomic E-state index is -0.959. The van der Waals surface area contributed by atoms with Gasteiger partial charge in [0.2, 0.25) is 0 Å². The van der Waals surface area contributed by atoms with Gasteiger partial charge in [0.15, 0.2) is 0 Å². The van der Waals surface area contributed by atoms with Gasteiger partial charge in [0, 0.05) is 0 Å². The van der Waals surface area contributed by atoms with Crippen molar-refractivity contribution in [1.29, 1.82) is 0 Å². The fourth-order valence-electron chi connectivity index (χ4n) is 5.72. The van der Waals surface area contributed by atoms with Gasteiger partial charge in [0.05, 0.1) is 0 Å². The monoisotopic (exact) mass is 592 g/mol. The van der Waals surface area contributed by atoms with Crippen LogP contribution in [-0.4, -0.2) is 0 Å². The van der Waals surface area contributed by atoms with E-state index in [2.05, 4.69) is 140 Å². The molecule has 0 heterocycles. The zero-order valence-electron chi connectivity index (χ0n) is 21.7. The van der Waals surface area contributed by atoms with E-state index in [9.17, 15) is 0 Å². The van der Waals surface area contributed by atoms with E-state index in [-0.39, 0.29) is 30.9 Å². The van der Waals surface area contributed by atoms with Gasteiger partial charge in [-0.2, -0.15) is 0 Å². The second-order valence-electron chi connectivity index (χ2n) is 9.80. The molecule has 0 spiro atoms. The van der Waals surface area contributed by atoms with Gasteiger partial charge in [0.1, 0.15) is 0 Å². The normalized spacial score (nSPS) is 11.2. The Kier molecular flexibility index (Phi) is 8.91. The molecule has 40 heavy (non-hydrogen) atoms. The zero-order valence-corrected chi connectivity index (χ0v) is 24.8. The molecule has 6 aromatic carbocycles. The van der Waals surface area contributed by atoms with Gasteiger partial charge >= 0.3 is 234 Å². The molecule has 0 aliphatic heterocycles. The summed E-state index contributed by atoms with van der Waals surface area (Å²) >= 11 is -0.959. The van der Waals surface area contributed by atoms with E-state index in [4.69, 9.17) is 3.32 Å². The third kappa shape index (κ3) is 5.29. The maximum atomic E-state index is 6.98. The second kappa shape index (κ2) is 12.6. The van der Waals surface area contributed by atoms with E-state index >= 15 is 0 Å². The quantitative estimate of drug-likeness (QED) is 0.270. The molecule has 7 rings (SSSR count). The number of rotatable bonds is 6. The Morgan fingerprint density at radius 3 is 1.80 bits per heavy atom. The molecule has 6 aromatic rings. The Labute approximate surface area is 257 Å². The zero-order chi connectivity index (χ0) is 25.3.